The molecule has 7 nitrogen and oxygen atoms in total. The number of aliphatic carboxylic acids is 1. The zero-order valence-corrected chi connectivity index (χ0v) is 8.53. The highest BCUT2D eigenvalue weighted by atomic mass is 32.2. The molecule has 0 aromatic rings. The highest BCUT2D eigenvalue weighted by molar-refractivity contribution is 7.86. The number of carboxylic acids is 1. The molecule has 0 fully saturated rings. The first kappa shape index (κ1) is 24.9. The summed E-state index contributed by atoms with van der Waals surface area (Å²) < 4.78 is 89.3. The average Bonchev–Trinajstić information content (AvgIpc) is 1.80. The molecule has 0 spiro atoms. The van der Waals surface area contributed by atoms with Crippen molar-refractivity contribution < 1.29 is 49.2 Å². The minimum Gasteiger partial charge on any atom is -0.475 e. The summed E-state index contributed by atoms with van der Waals surface area (Å²) in [6, 6.07) is 0. The van der Waals surface area contributed by atoms with Crippen LogP contribution in [0.1, 0.15) is 0 Å². The number of carboxylic acid groups (broad SMARTS) is 1. The van der Waals surface area contributed by atoms with Gasteiger partial charge in [0.25, 0.3) is 0 Å². The number of rotatable bonds is 0. The maximum atomic E-state index is 10.7. The Bertz CT molecular complexity index is 320. The predicted molar refractivity (Wildman–Crippen MR) is 41.3 cm³/mol. The van der Waals surface area contributed by atoms with Crippen molar-refractivity contribution >= 4 is 16.1 Å². The molecule has 0 rings (SSSR count). The normalized spacial score (nSPS) is 11.2. The number of hydrogen-bond acceptors (Lipinski definition) is 5. The lowest BCUT2D eigenvalue weighted by atomic mass is 10.7. The molecule has 0 atom stereocenters. The van der Waals surface area contributed by atoms with Crippen LogP contribution in [-0.4, -0.2) is 35.7 Å². The quantitative estimate of drug-likeness (QED) is 0.298. The molecule has 0 aromatic heterocycles. The van der Waals surface area contributed by atoms with Gasteiger partial charge < -0.3 is 17.4 Å². The molecule has 0 saturated carbocycles. The molecule has 0 heterocycles. The van der Waals surface area contributed by atoms with Crippen molar-refractivity contribution in [2.75, 3.05) is 0 Å². The number of hydrogen-bond donors (Lipinski definition) is 4. The van der Waals surface area contributed by atoms with Gasteiger partial charge in [-0.25, -0.2) is 4.79 Å². The summed E-state index contributed by atoms with van der Waals surface area (Å²) >= 11 is 0. The van der Waals surface area contributed by atoms with E-state index in [2.05, 4.69) is 0 Å². The zero-order chi connectivity index (χ0) is 13.1. The van der Waals surface area contributed by atoms with Crippen molar-refractivity contribution in [1.29, 1.82) is 0 Å². The Hall–Kier alpha value is -1.12. The standard InChI is InChI=1S/C2HF3O2.CHF3O3S.2H3N/c3-2(4,5)1(6)7;2-1(3,4)8(5,6)7;;/h(H,6,7);(H,5,6,7);2*1H3. The topological polar surface area (TPSA) is 162 Å². The van der Waals surface area contributed by atoms with E-state index in [9.17, 15) is 26.3 Å². The van der Waals surface area contributed by atoms with Crippen LogP contribution in [0.3, 0.4) is 0 Å². The van der Waals surface area contributed by atoms with Crippen LogP contribution in [0.5, 0.6) is 0 Å². The fourth-order valence-electron chi connectivity index (χ4n) is 0. The van der Waals surface area contributed by atoms with Crippen LogP contribution in [0.25, 0.3) is 0 Å². The molecule has 17 heavy (non-hydrogen) atoms. The summed E-state index contributed by atoms with van der Waals surface area (Å²) in [4.78, 5) is 8.90. The minimum absolute atomic E-state index is 0. The van der Waals surface area contributed by atoms with Crippen molar-refractivity contribution in [3.63, 3.8) is 0 Å². The third kappa shape index (κ3) is 12.8. The van der Waals surface area contributed by atoms with Crippen molar-refractivity contribution in [1.82, 2.24) is 12.3 Å². The third-order valence-electron chi connectivity index (χ3n) is 0.535. The van der Waals surface area contributed by atoms with Gasteiger partial charge in [0.15, 0.2) is 0 Å². The molecule has 0 saturated heterocycles. The molecule has 0 aliphatic carbocycles. The molecule has 0 radical (unpaired) electrons. The monoisotopic (exact) mass is 298 g/mol. The van der Waals surface area contributed by atoms with Gasteiger partial charge in [0.2, 0.25) is 0 Å². The Balaban J connectivity index is -0.0000000896. The second-order valence-electron chi connectivity index (χ2n) is 1.72. The Morgan fingerprint density at radius 1 is 0.941 bits per heavy atom. The Labute approximate surface area is 90.3 Å². The van der Waals surface area contributed by atoms with Gasteiger partial charge in [-0.1, -0.05) is 0 Å². The molecule has 0 aliphatic rings. The summed E-state index contributed by atoms with van der Waals surface area (Å²) in [5.41, 5.74) is -5.53. The average molecular weight is 298 g/mol. The van der Waals surface area contributed by atoms with Crippen LogP contribution in [0.15, 0.2) is 0 Å². The summed E-state index contributed by atoms with van der Waals surface area (Å²) in [5.74, 6) is -2.76. The van der Waals surface area contributed by atoms with E-state index in [1.54, 1.807) is 0 Å². The molecule has 0 amide bonds. The van der Waals surface area contributed by atoms with Crippen LogP contribution >= 0.6 is 0 Å². The van der Waals surface area contributed by atoms with Gasteiger partial charge in [0.05, 0.1) is 0 Å². The summed E-state index contributed by atoms with van der Waals surface area (Å²) in [6.07, 6.45) is -5.08. The van der Waals surface area contributed by atoms with Crippen molar-refractivity contribution in [3.8, 4) is 0 Å². The second kappa shape index (κ2) is 7.25. The first-order valence-corrected chi connectivity index (χ1v) is 3.97. The SMILES string of the molecule is N.N.O=C(O)C(F)(F)F.O=S(=O)(O)C(F)(F)F. The van der Waals surface area contributed by atoms with Gasteiger partial charge in [-0.3, -0.25) is 4.55 Å². The van der Waals surface area contributed by atoms with E-state index in [0.29, 0.717) is 0 Å². The maximum absolute atomic E-state index is 10.7. The molecule has 0 unspecified atom stereocenters. The van der Waals surface area contributed by atoms with Crippen molar-refractivity contribution in [2.24, 2.45) is 0 Å². The molecular weight excluding hydrogens is 290 g/mol. The van der Waals surface area contributed by atoms with Gasteiger partial charge in [0.1, 0.15) is 0 Å². The van der Waals surface area contributed by atoms with Crippen LogP contribution in [0, 0.1) is 0 Å². The summed E-state index contributed by atoms with van der Waals surface area (Å²) in [6.45, 7) is 0. The Kier molecular flexibility index (Phi) is 10.6. The van der Waals surface area contributed by atoms with E-state index >= 15 is 0 Å². The van der Waals surface area contributed by atoms with E-state index in [1.807, 2.05) is 0 Å². The van der Waals surface area contributed by atoms with Gasteiger partial charge in [-0.2, -0.15) is 34.8 Å². The fourth-order valence-corrected chi connectivity index (χ4v) is 0. The number of alkyl halides is 6. The molecular formula is C3H8F6N2O5S. The van der Waals surface area contributed by atoms with E-state index in [1.165, 1.54) is 0 Å². The molecule has 0 aliphatic heterocycles. The van der Waals surface area contributed by atoms with Crippen molar-refractivity contribution in [2.45, 2.75) is 11.7 Å². The minimum atomic E-state index is -5.84. The summed E-state index contributed by atoms with van der Waals surface area (Å²) in [5, 5.41) is 7.12. The van der Waals surface area contributed by atoms with Gasteiger partial charge in [-0.05, 0) is 0 Å². The number of halogens is 6. The van der Waals surface area contributed by atoms with Crippen LogP contribution < -0.4 is 12.3 Å². The highest BCUT2D eigenvalue weighted by Gasteiger charge is 2.44. The van der Waals surface area contributed by atoms with Crippen LogP contribution in [0.2, 0.25) is 0 Å². The predicted octanol–water partition coefficient (Wildman–Crippen LogP) is 1.35. The highest BCUT2D eigenvalue weighted by Crippen LogP contribution is 2.20. The maximum Gasteiger partial charge on any atom is 0.522 e. The molecule has 0 aromatic carbocycles. The van der Waals surface area contributed by atoms with Gasteiger partial charge >= 0.3 is 27.8 Å². The largest absolute Gasteiger partial charge is 0.522 e. The molecule has 14 heteroatoms. The lowest BCUT2D eigenvalue weighted by molar-refractivity contribution is -0.192. The first-order chi connectivity index (χ1) is 6.19. The van der Waals surface area contributed by atoms with E-state index in [4.69, 9.17) is 22.9 Å². The lowest BCUT2D eigenvalue weighted by Gasteiger charge is -1.97. The number of carbonyl (C=O) groups is 1. The zero-order valence-electron chi connectivity index (χ0n) is 7.71. The molecule has 0 bridgehead atoms. The van der Waals surface area contributed by atoms with Crippen molar-refractivity contribution in [3.05, 3.63) is 0 Å². The van der Waals surface area contributed by atoms with Crippen LogP contribution in [0.4, 0.5) is 26.3 Å². The first-order valence-electron chi connectivity index (χ1n) is 2.53. The Morgan fingerprint density at radius 3 is 1.06 bits per heavy atom. The Morgan fingerprint density at radius 2 is 1.06 bits per heavy atom. The van der Waals surface area contributed by atoms with Crippen LogP contribution in [-0.2, 0) is 14.9 Å². The lowest BCUT2D eigenvalue weighted by Crippen LogP contribution is -2.21. The second-order valence-corrected chi connectivity index (χ2v) is 3.14. The molecule has 8 N–H and O–H groups in total. The van der Waals surface area contributed by atoms with E-state index in [0.717, 1.165) is 0 Å². The van der Waals surface area contributed by atoms with E-state index in [-0.39, 0.29) is 12.3 Å². The fraction of sp³-hybridized carbons (Fsp3) is 0.667. The van der Waals surface area contributed by atoms with Gasteiger partial charge in [0, 0.05) is 0 Å². The smallest absolute Gasteiger partial charge is 0.475 e. The van der Waals surface area contributed by atoms with E-state index < -0.39 is 27.8 Å². The summed E-state index contributed by atoms with van der Waals surface area (Å²) in [7, 11) is -5.84. The molecule has 108 valence electrons. The van der Waals surface area contributed by atoms with Gasteiger partial charge in [-0.15, -0.1) is 0 Å². The third-order valence-corrected chi connectivity index (χ3v) is 1.12.